The lowest BCUT2D eigenvalue weighted by atomic mass is 10.0. The van der Waals surface area contributed by atoms with Crippen molar-refractivity contribution in [3.05, 3.63) is 0 Å². The van der Waals surface area contributed by atoms with Gasteiger partial charge in [-0.15, -0.1) is 0 Å². The molecule has 0 aromatic heterocycles. The smallest absolute Gasteiger partial charge is 0.0172 e. The lowest BCUT2D eigenvalue weighted by Gasteiger charge is -2.12. The van der Waals surface area contributed by atoms with Crippen LogP contribution in [0.25, 0.3) is 0 Å². The summed E-state index contributed by atoms with van der Waals surface area (Å²) in [5, 5.41) is 1.96. The van der Waals surface area contributed by atoms with Crippen LogP contribution in [0.2, 0.25) is 0 Å². The highest BCUT2D eigenvalue weighted by Crippen LogP contribution is 2.27. The fourth-order valence-corrected chi connectivity index (χ4v) is 2.26. The van der Waals surface area contributed by atoms with Gasteiger partial charge in [-0.05, 0) is 18.9 Å². The molecule has 0 aliphatic carbocycles. The number of hydrogen-bond acceptors (Lipinski definition) is 3. The highest BCUT2D eigenvalue weighted by atomic mass is 15.4. The molecule has 0 amide bonds. The van der Waals surface area contributed by atoms with E-state index >= 15 is 0 Å². The van der Waals surface area contributed by atoms with Crippen LogP contribution in [0.5, 0.6) is 0 Å². The van der Waals surface area contributed by atoms with Gasteiger partial charge in [0.2, 0.25) is 0 Å². The molecule has 0 aromatic rings. The summed E-state index contributed by atoms with van der Waals surface area (Å²) in [4.78, 5) is 2.41. The molecule has 2 saturated heterocycles. The van der Waals surface area contributed by atoms with Crippen LogP contribution < -0.4 is 5.84 Å². The second-order valence-corrected chi connectivity index (χ2v) is 3.70. The highest BCUT2D eigenvalue weighted by Gasteiger charge is 2.37. The average Bonchev–Trinajstić information content (AvgIpc) is 2.48. The zero-order chi connectivity index (χ0) is 9.14. The van der Waals surface area contributed by atoms with Gasteiger partial charge in [-0.1, -0.05) is 13.8 Å². The Labute approximate surface area is 75.5 Å². The lowest BCUT2D eigenvalue weighted by Crippen LogP contribution is -2.32. The molecule has 0 aromatic carbocycles. The predicted molar refractivity (Wildman–Crippen MR) is 51.6 cm³/mol. The lowest BCUT2D eigenvalue weighted by molar-refractivity contribution is 0.285. The summed E-state index contributed by atoms with van der Waals surface area (Å²) in [5.74, 6) is 7.40. The molecule has 2 heterocycles. The van der Waals surface area contributed by atoms with Gasteiger partial charge in [-0.2, -0.15) is 0 Å². The fraction of sp³-hybridized carbons (Fsp3) is 1.00. The van der Waals surface area contributed by atoms with Crippen molar-refractivity contribution in [1.82, 2.24) is 9.91 Å². The van der Waals surface area contributed by atoms with Crippen LogP contribution >= 0.6 is 0 Å². The molecule has 2 aliphatic heterocycles. The van der Waals surface area contributed by atoms with Crippen molar-refractivity contribution >= 4 is 0 Å². The number of nitrogens with two attached hydrogens (primary N) is 1. The molecule has 0 spiro atoms. The Balaban J connectivity index is 0.000000336. The summed E-state index contributed by atoms with van der Waals surface area (Å²) in [7, 11) is 2.19. The van der Waals surface area contributed by atoms with Gasteiger partial charge in [0, 0.05) is 26.2 Å². The second kappa shape index (κ2) is 4.21. The highest BCUT2D eigenvalue weighted by molar-refractivity contribution is 4.89. The predicted octanol–water partition coefficient (Wildman–Crippen LogP) is 0.380. The van der Waals surface area contributed by atoms with E-state index in [1.165, 1.54) is 13.1 Å². The summed E-state index contributed by atoms with van der Waals surface area (Å²) >= 11 is 0. The Hall–Kier alpha value is -0.120. The molecule has 3 nitrogen and oxygen atoms in total. The molecule has 0 bridgehead atoms. The topological polar surface area (TPSA) is 32.5 Å². The molecule has 0 saturated carbocycles. The Bertz CT molecular complexity index is 110. The van der Waals surface area contributed by atoms with Gasteiger partial charge in [-0.3, -0.25) is 5.84 Å². The summed E-state index contributed by atoms with van der Waals surface area (Å²) in [6.45, 7) is 8.71. The van der Waals surface area contributed by atoms with E-state index in [0.717, 1.165) is 24.9 Å². The van der Waals surface area contributed by atoms with E-state index in [-0.39, 0.29) is 0 Å². The number of fused-ring (bicyclic) bond motifs is 1. The largest absolute Gasteiger partial charge is 0.306 e. The van der Waals surface area contributed by atoms with E-state index in [0.29, 0.717) is 0 Å². The van der Waals surface area contributed by atoms with Crippen LogP contribution in [0.4, 0.5) is 0 Å². The number of hydrogen-bond donors (Lipinski definition) is 1. The molecule has 0 radical (unpaired) electrons. The first kappa shape index (κ1) is 9.96. The van der Waals surface area contributed by atoms with Crippen LogP contribution in [0.3, 0.4) is 0 Å². The minimum absolute atomic E-state index is 0.856. The van der Waals surface area contributed by atoms with Gasteiger partial charge in [0.05, 0.1) is 0 Å². The number of rotatable bonds is 0. The molecular weight excluding hydrogens is 150 g/mol. The van der Waals surface area contributed by atoms with Crippen molar-refractivity contribution in [2.45, 2.75) is 13.8 Å². The molecular formula is C9H21N3. The summed E-state index contributed by atoms with van der Waals surface area (Å²) in [6.07, 6.45) is 0. The molecule has 72 valence electrons. The zero-order valence-corrected chi connectivity index (χ0v) is 8.45. The van der Waals surface area contributed by atoms with Crippen LogP contribution in [-0.4, -0.2) is 43.1 Å². The SMILES string of the molecule is CC.CN1CC2CN(N)CC2C1. The Kier molecular flexibility index (Phi) is 3.50. The van der Waals surface area contributed by atoms with E-state index in [1.54, 1.807) is 0 Å². The van der Waals surface area contributed by atoms with Gasteiger partial charge >= 0.3 is 0 Å². The van der Waals surface area contributed by atoms with Crippen LogP contribution in [0.1, 0.15) is 13.8 Å². The fourth-order valence-electron chi connectivity index (χ4n) is 2.26. The third kappa shape index (κ3) is 1.97. The van der Waals surface area contributed by atoms with E-state index in [9.17, 15) is 0 Å². The molecule has 2 unspecified atom stereocenters. The minimum atomic E-state index is 0.856. The third-order valence-corrected chi connectivity index (χ3v) is 2.70. The van der Waals surface area contributed by atoms with Gasteiger partial charge in [0.15, 0.2) is 0 Å². The number of nitrogens with zero attached hydrogens (tertiary/aromatic N) is 2. The monoisotopic (exact) mass is 171 g/mol. The van der Waals surface area contributed by atoms with Gasteiger partial charge in [0.1, 0.15) is 0 Å². The van der Waals surface area contributed by atoms with Crippen molar-refractivity contribution in [3.63, 3.8) is 0 Å². The summed E-state index contributed by atoms with van der Waals surface area (Å²) < 4.78 is 0. The van der Waals surface area contributed by atoms with Crippen molar-refractivity contribution in [2.75, 3.05) is 33.2 Å². The molecule has 12 heavy (non-hydrogen) atoms. The molecule has 2 N–H and O–H groups in total. The maximum Gasteiger partial charge on any atom is 0.0172 e. The second-order valence-electron chi connectivity index (χ2n) is 3.70. The normalized spacial score (nSPS) is 36.0. The summed E-state index contributed by atoms with van der Waals surface area (Å²) in [5.41, 5.74) is 0. The van der Waals surface area contributed by atoms with Crippen LogP contribution in [0.15, 0.2) is 0 Å². The van der Waals surface area contributed by atoms with E-state index < -0.39 is 0 Å². The van der Waals surface area contributed by atoms with Crippen LogP contribution in [-0.2, 0) is 0 Å². The number of likely N-dealkylation sites (tertiary alicyclic amines) is 1. The Morgan fingerprint density at radius 1 is 1.00 bits per heavy atom. The Morgan fingerprint density at radius 3 is 1.83 bits per heavy atom. The Morgan fingerprint density at radius 2 is 1.42 bits per heavy atom. The average molecular weight is 171 g/mol. The third-order valence-electron chi connectivity index (χ3n) is 2.70. The number of hydrazine groups is 1. The van der Waals surface area contributed by atoms with Crippen molar-refractivity contribution in [1.29, 1.82) is 0 Å². The van der Waals surface area contributed by atoms with E-state index in [4.69, 9.17) is 5.84 Å². The van der Waals surface area contributed by atoms with E-state index in [2.05, 4.69) is 11.9 Å². The van der Waals surface area contributed by atoms with Gasteiger partial charge in [-0.25, -0.2) is 5.01 Å². The van der Waals surface area contributed by atoms with Crippen molar-refractivity contribution in [2.24, 2.45) is 17.7 Å². The molecule has 2 rings (SSSR count). The zero-order valence-electron chi connectivity index (χ0n) is 8.45. The van der Waals surface area contributed by atoms with Crippen LogP contribution in [0, 0.1) is 11.8 Å². The molecule has 2 fully saturated rings. The molecule has 2 aliphatic rings. The first-order chi connectivity index (χ1) is 5.75. The van der Waals surface area contributed by atoms with Gasteiger partial charge < -0.3 is 4.90 Å². The quantitative estimate of drug-likeness (QED) is 0.535. The minimum Gasteiger partial charge on any atom is -0.306 e. The van der Waals surface area contributed by atoms with Gasteiger partial charge in [0.25, 0.3) is 0 Å². The maximum atomic E-state index is 5.69. The van der Waals surface area contributed by atoms with E-state index in [1.807, 2.05) is 18.9 Å². The van der Waals surface area contributed by atoms with Crippen molar-refractivity contribution in [3.8, 4) is 0 Å². The molecule has 3 heteroatoms. The summed E-state index contributed by atoms with van der Waals surface area (Å²) in [6, 6.07) is 0. The van der Waals surface area contributed by atoms with Crippen molar-refractivity contribution < 1.29 is 0 Å². The maximum absolute atomic E-state index is 5.69. The first-order valence-electron chi connectivity index (χ1n) is 4.94. The molecule has 2 atom stereocenters. The first-order valence-corrected chi connectivity index (χ1v) is 4.94. The standard InChI is InChI=1S/C7H15N3.C2H6/c1-9-2-6-4-10(8)5-7(6)3-9;1-2/h6-7H,2-5,8H2,1H3;1-2H3.